The summed E-state index contributed by atoms with van der Waals surface area (Å²) in [5, 5.41) is 4.56. The van der Waals surface area contributed by atoms with Gasteiger partial charge in [-0.15, -0.1) is 0 Å². The van der Waals surface area contributed by atoms with E-state index in [0.717, 1.165) is 16.0 Å². The molecule has 3 aromatic rings. The summed E-state index contributed by atoms with van der Waals surface area (Å²) in [6.07, 6.45) is 2.64. The highest BCUT2D eigenvalue weighted by Crippen LogP contribution is 2.36. The van der Waals surface area contributed by atoms with Crippen molar-refractivity contribution in [3.63, 3.8) is 0 Å². The van der Waals surface area contributed by atoms with E-state index in [0.29, 0.717) is 58.3 Å². The van der Waals surface area contributed by atoms with Crippen LogP contribution in [0.15, 0.2) is 81.4 Å². The maximum absolute atomic E-state index is 13.3. The van der Waals surface area contributed by atoms with Gasteiger partial charge in [0.1, 0.15) is 0 Å². The van der Waals surface area contributed by atoms with E-state index in [1.807, 2.05) is 30.3 Å². The minimum Gasteiger partial charge on any atom is -0.320 e. The van der Waals surface area contributed by atoms with Gasteiger partial charge in [0.2, 0.25) is 10.0 Å². The molecule has 1 aliphatic rings. The first kappa shape index (κ1) is 29.8. The number of nitrogens with one attached hydrogen (secondary N) is 1. The van der Waals surface area contributed by atoms with Gasteiger partial charge in [-0.2, -0.15) is 4.31 Å². The van der Waals surface area contributed by atoms with Crippen molar-refractivity contribution in [1.82, 2.24) is 9.21 Å². The van der Waals surface area contributed by atoms with Crippen LogP contribution in [0.25, 0.3) is 5.57 Å². The molecule has 11 heteroatoms. The van der Waals surface area contributed by atoms with Crippen LogP contribution in [-0.4, -0.2) is 49.8 Å². The van der Waals surface area contributed by atoms with Crippen LogP contribution in [0.2, 0.25) is 15.1 Å². The average Bonchev–Trinajstić information content (AvgIpc) is 2.93. The SMILES string of the molecule is CCN(CC)S(=O)(=O)c1ccc(Sc2ccc(Cl)cc2)c(NC(=O)N2CC=C(c3ccc(Cl)c(Cl)c3)CC2)c1. The molecule has 1 N–H and O–H groups in total. The number of nitrogens with zero attached hydrogens (tertiary/aromatic N) is 2. The first-order valence-electron chi connectivity index (χ1n) is 12.4. The zero-order chi connectivity index (χ0) is 28.2. The van der Waals surface area contributed by atoms with E-state index in [-0.39, 0.29) is 10.9 Å². The van der Waals surface area contributed by atoms with Crippen molar-refractivity contribution in [3.05, 3.63) is 87.4 Å². The van der Waals surface area contributed by atoms with Gasteiger partial charge in [-0.25, -0.2) is 13.2 Å². The van der Waals surface area contributed by atoms with Crippen molar-refractivity contribution >= 4 is 73.9 Å². The summed E-state index contributed by atoms with van der Waals surface area (Å²) in [7, 11) is -3.71. The Morgan fingerprint density at radius 1 is 0.974 bits per heavy atom. The third-order valence-electron chi connectivity index (χ3n) is 6.36. The Balaban J connectivity index is 1.59. The van der Waals surface area contributed by atoms with E-state index in [1.165, 1.54) is 22.1 Å². The average molecular weight is 625 g/mol. The number of hydrogen-bond acceptors (Lipinski definition) is 4. The number of carbonyl (C=O) groups is 1. The molecule has 2 amide bonds. The van der Waals surface area contributed by atoms with Gasteiger partial charge < -0.3 is 10.2 Å². The number of rotatable bonds is 8. The molecule has 206 valence electrons. The topological polar surface area (TPSA) is 69.7 Å². The number of halogens is 3. The van der Waals surface area contributed by atoms with Crippen LogP contribution in [0.3, 0.4) is 0 Å². The summed E-state index contributed by atoms with van der Waals surface area (Å²) in [6, 6.07) is 17.3. The van der Waals surface area contributed by atoms with Gasteiger partial charge in [-0.05, 0) is 72.2 Å². The second-order valence-corrected chi connectivity index (χ2v) is 13.1. The van der Waals surface area contributed by atoms with E-state index < -0.39 is 10.0 Å². The van der Waals surface area contributed by atoms with Gasteiger partial charge >= 0.3 is 6.03 Å². The molecule has 4 rings (SSSR count). The van der Waals surface area contributed by atoms with Crippen molar-refractivity contribution in [2.75, 3.05) is 31.5 Å². The number of sulfonamides is 1. The Bertz CT molecular complexity index is 1490. The quantitative estimate of drug-likeness (QED) is 0.275. The molecule has 0 fully saturated rings. The number of benzene rings is 3. The molecule has 3 aromatic carbocycles. The molecule has 0 spiro atoms. The molecule has 0 saturated carbocycles. The van der Waals surface area contributed by atoms with Crippen molar-refractivity contribution in [2.24, 2.45) is 0 Å². The predicted octanol–water partition coefficient (Wildman–Crippen LogP) is 8.15. The maximum Gasteiger partial charge on any atom is 0.322 e. The number of urea groups is 1. The van der Waals surface area contributed by atoms with E-state index in [9.17, 15) is 13.2 Å². The van der Waals surface area contributed by atoms with Gasteiger partial charge in [-0.1, -0.05) is 72.6 Å². The van der Waals surface area contributed by atoms with Crippen LogP contribution in [0, 0.1) is 0 Å². The van der Waals surface area contributed by atoms with E-state index >= 15 is 0 Å². The zero-order valence-corrected chi connectivity index (χ0v) is 25.4. The van der Waals surface area contributed by atoms with Crippen LogP contribution in [0.4, 0.5) is 10.5 Å². The highest BCUT2D eigenvalue weighted by Gasteiger charge is 2.25. The van der Waals surface area contributed by atoms with Crippen LogP contribution in [0.1, 0.15) is 25.8 Å². The van der Waals surface area contributed by atoms with Crippen molar-refractivity contribution in [3.8, 4) is 0 Å². The fraction of sp³-hybridized carbons (Fsp3) is 0.250. The number of anilines is 1. The molecular weight excluding hydrogens is 597 g/mol. The molecule has 0 unspecified atom stereocenters. The minimum absolute atomic E-state index is 0.127. The Labute approximate surface area is 249 Å². The fourth-order valence-electron chi connectivity index (χ4n) is 4.20. The van der Waals surface area contributed by atoms with E-state index in [2.05, 4.69) is 5.32 Å². The Hall–Kier alpha value is -2.20. The second kappa shape index (κ2) is 13.0. The van der Waals surface area contributed by atoms with Crippen LogP contribution < -0.4 is 5.32 Å². The van der Waals surface area contributed by atoms with Crippen molar-refractivity contribution < 1.29 is 13.2 Å². The lowest BCUT2D eigenvalue weighted by molar-refractivity contribution is 0.217. The zero-order valence-electron chi connectivity index (χ0n) is 21.5. The first-order chi connectivity index (χ1) is 18.6. The van der Waals surface area contributed by atoms with Crippen LogP contribution >= 0.6 is 46.6 Å². The fourth-order valence-corrected chi connectivity index (χ4v) is 7.00. The maximum atomic E-state index is 13.3. The Morgan fingerprint density at radius 3 is 2.31 bits per heavy atom. The Morgan fingerprint density at radius 2 is 1.69 bits per heavy atom. The second-order valence-electron chi connectivity index (χ2n) is 8.79. The molecule has 0 radical (unpaired) electrons. The number of amides is 2. The summed E-state index contributed by atoms with van der Waals surface area (Å²) in [5.41, 5.74) is 2.48. The lowest BCUT2D eigenvalue weighted by Gasteiger charge is -2.27. The summed E-state index contributed by atoms with van der Waals surface area (Å²) >= 11 is 19.7. The normalized spacial score (nSPS) is 13.9. The van der Waals surface area contributed by atoms with E-state index in [4.69, 9.17) is 34.8 Å². The molecule has 0 aromatic heterocycles. The summed E-state index contributed by atoms with van der Waals surface area (Å²) in [4.78, 5) is 16.8. The van der Waals surface area contributed by atoms with Crippen molar-refractivity contribution in [2.45, 2.75) is 35.0 Å². The number of hydrogen-bond donors (Lipinski definition) is 1. The highest BCUT2D eigenvalue weighted by atomic mass is 35.5. The van der Waals surface area contributed by atoms with Gasteiger partial charge in [0.25, 0.3) is 0 Å². The molecule has 0 atom stereocenters. The van der Waals surface area contributed by atoms with Gasteiger partial charge in [0.05, 0.1) is 20.6 Å². The highest BCUT2D eigenvalue weighted by molar-refractivity contribution is 7.99. The van der Waals surface area contributed by atoms with Gasteiger partial charge in [0, 0.05) is 41.0 Å². The van der Waals surface area contributed by atoms with Crippen molar-refractivity contribution in [1.29, 1.82) is 0 Å². The minimum atomic E-state index is -3.71. The molecule has 1 aliphatic heterocycles. The van der Waals surface area contributed by atoms with Gasteiger partial charge in [0.15, 0.2) is 0 Å². The standard InChI is InChI=1S/C28H28Cl3N3O3S2/c1-3-34(4-2)39(36,37)23-10-12-27(38-22-8-6-21(29)7-9-22)26(18-23)32-28(35)33-15-13-19(14-16-33)20-5-11-24(30)25(31)17-20/h5-13,17-18H,3-4,14-16H2,1-2H3,(H,32,35). The van der Waals surface area contributed by atoms with Crippen LogP contribution in [0.5, 0.6) is 0 Å². The number of carbonyl (C=O) groups excluding carboxylic acids is 1. The molecule has 39 heavy (non-hydrogen) atoms. The lowest BCUT2D eigenvalue weighted by atomic mass is 10.00. The molecule has 0 bridgehead atoms. The monoisotopic (exact) mass is 623 g/mol. The molecule has 1 heterocycles. The summed E-state index contributed by atoms with van der Waals surface area (Å²) < 4.78 is 27.8. The van der Waals surface area contributed by atoms with Crippen LogP contribution in [-0.2, 0) is 10.0 Å². The third-order valence-corrected chi connectivity index (χ3v) is 10.5. The molecule has 6 nitrogen and oxygen atoms in total. The Kier molecular flexibility index (Phi) is 9.91. The third kappa shape index (κ3) is 7.12. The summed E-state index contributed by atoms with van der Waals surface area (Å²) in [5.74, 6) is 0. The summed E-state index contributed by atoms with van der Waals surface area (Å²) in [6.45, 7) is 5.19. The van der Waals surface area contributed by atoms with Gasteiger partial charge in [-0.3, -0.25) is 0 Å². The smallest absolute Gasteiger partial charge is 0.320 e. The first-order valence-corrected chi connectivity index (χ1v) is 15.8. The largest absolute Gasteiger partial charge is 0.322 e. The molecular formula is C28H28Cl3N3O3S2. The molecule has 0 saturated heterocycles. The lowest BCUT2D eigenvalue weighted by Crippen LogP contribution is -2.38. The predicted molar refractivity (Wildman–Crippen MR) is 162 cm³/mol. The molecule has 0 aliphatic carbocycles. The van der Waals surface area contributed by atoms with E-state index in [1.54, 1.807) is 49.1 Å².